The standard InChI is InChI=1S/C16H23ClFNO/c1-3-6-19-16(13-7-11(2)20-10-13)9-12-4-5-14(17)15(18)8-12/h4-5,8,11,13,16,19H,3,6-7,9-10H2,1-2H3. The molecule has 1 aromatic carbocycles. The summed E-state index contributed by atoms with van der Waals surface area (Å²) < 4.78 is 19.2. The van der Waals surface area contributed by atoms with Gasteiger partial charge in [-0.25, -0.2) is 4.39 Å². The van der Waals surface area contributed by atoms with Crippen molar-refractivity contribution in [2.24, 2.45) is 5.92 Å². The molecule has 0 spiro atoms. The first-order valence-corrected chi connectivity index (χ1v) is 7.76. The Morgan fingerprint density at radius 3 is 2.90 bits per heavy atom. The van der Waals surface area contributed by atoms with Crippen LogP contribution >= 0.6 is 11.6 Å². The average molecular weight is 300 g/mol. The van der Waals surface area contributed by atoms with Crippen LogP contribution in [-0.2, 0) is 11.2 Å². The number of benzene rings is 1. The average Bonchev–Trinajstić information content (AvgIpc) is 2.85. The van der Waals surface area contributed by atoms with E-state index in [9.17, 15) is 4.39 Å². The second kappa shape index (κ2) is 7.39. The third-order valence-electron chi connectivity index (χ3n) is 3.89. The molecule has 1 aromatic rings. The van der Waals surface area contributed by atoms with Gasteiger partial charge in [0.2, 0.25) is 0 Å². The summed E-state index contributed by atoms with van der Waals surface area (Å²) in [6, 6.07) is 5.42. The van der Waals surface area contributed by atoms with Crippen LogP contribution in [0.2, 0.25) is 5.02 Å². The number of hydrogen-bond donors (Lipinski definition) is 1. The number of rotatable bonds is 6. The zero-order chi connectivity index (χ0) is 14.5. The SMILES string of the molecule is CCCNC(Cc1ccc(Cl)c(F)c1)C1COC(C)C1. The third kappa shape index (κ3) is 4.18. The molecule has 1 saturated heterocycles. The number of ether oxygens (including phenoxy) is 1. The second-order valence-corrected chi connectivity index (χ2v) is 6.06. The number of hydrogen-bond acceptors (Lipinski definition) is 2. The van der Waals surface area contributed by atoms with E-state index in [1.165, 1.54) is 0 Å². The van der Waals surface area contributed by atoms with Gasteiger partial charge in [0.15, 0.2) is 0 Å². The Kier molecular flexibility index (Phi) is 5.82. The minimum Gasteiger partial charge on any atom is -0.378 e. The largest absolute Gasteiger partial charge is 0.378 e. The Morgan fingerprint density at radius 1 is 1.50 bits per heavy atom. The van der Waals surface area contributed by atoms with Crippen molar-refractivity contribution in [3.63, 3.8) is 0 Å². The zero-order valence-corrected chi connectivity index (χ0v) is 12.9. The first-order chi connectivity index (χ1) is 9.60. The molecule has 2 rings (SSSR count). The van der Waals surface area contributed by atoms with E-state index >= 15 is 0 Å². The van der Waals surface area contributed by atoms with Gasteiger partial charge in [-0.1, -0.05) is 24.6 Å². The van der Waals surface area contributed by atoms with Crippen LogP contribution in [0.5, 0.6) is 0 Å². The van der Waals surface area contributed by atoms with Gasteiger partial charge in [0.25, 0.3) is 0 Å². The molecule has 0 amide bonds. The molecule has 0 saturated carbocycles. The lowest BCUT2D eigenvalue weighted by atomic mass is 9.91. The highest BCUT2D eigenvalue weighted by atomic mass is 35.5. The summed E-state index contributed by atoms with van der Waals surface area (Å²) in [5, 5.41) is 3.76. The van der Waals surface area contributed by atoms with Gasteiger partial charge in [-0.15, -0.1) is 0 Å². The monoisotopic (exact) mass is 299 g/mol. The summed E-state index contributed by atoms with van der Waals surface area (Å²) in [7, 11) is 0. The summed E-state index contributed by atoms with van der Waals surface area (Å²) in [5.74, 6) is 0.157. The third-order valence-corrected chi connectivity index (χ3v) is 4.20. The molecule has 0 radical (unpaired) electrons. The molecule has 1 heterocycles. The Hall–Kier alpha value is -0.640. The van der Waals surface area contributed by atoms with E-state index in [0.29, 0.717) is 18.1 Å². The molecular weight excluding hydrogens is 277 g/mol. The van der Waals surface area contributed by atoms with Crippen molar-refractivity contribution in [2.45, 2.75) is 45.3 Å². The maximum Gasteiger partial charge on any atom is 0.142 e. The van der Waals surface area contributed by atoms with Crippen LogP contribution in [0.25, 0.3) is 0 Å². The molecular formula is C16H23ClFNO. The van der Waals surface area contributed by atoms with Crippen LogP contribution in [0.4, 0.5) is 4.39 Å². The van der Waals surface area contributed by atoms with Crippen molar-refractivity contribution in [1.29, 1.82) is 0 Å². The molecule has 1 aliphatic heterocycles. The maximum absolute atomic E-state index is 13.5. The number of halogens is 2. The summed E-state index contributed by atoms with van der Waals surface area (Å²) in [6.07, 6.45) is 3.30. The summed E-state index contributed by atoms with van der Waals surface area (Å²) in [5.41, 5.74) is 0.986. The van der Waals surface area contributed by atoms with Gasteiger partial charge >= 0.3 is 0 Å². The van der Waals surface area contributed by atoms with Crippen LogP contribution in [0, 0.1) is 11.7 Å². The second-order valence-electron chi connectivity index (χ2n) is 5.65. The maximum atomic E-state index is 13.5. The van der Waals surface area contributed by atoms with E-state index < -0.39 is 0 Å². The zero-order valence-electron chi connectivity index (χ0n) is 12.2. The summed E-state index contributed by atoms with van der Waals surface area (Å²) in [4.78, 5) is 0. The molecule has 20 heavy (non-hydrogen) atoms. The molecule has 0 aliphatic carbocycles. The highest BCUT2D eigenvalue weighted by molar-refractivity contribution is 6.30. The topological polar surface area (TPSA) is 21.3 Å². The van der Waals surface area contributed by atoms with Gasteiger partial charge in [0, 0.05) is 12.0 Å². The lowest BCUT2D eigenvalue weighted by Crippen LogP contribution is -2.39. The predicted molar refractivity (Wildman–Crippen MR) is 80.7 cm³/mol. The molecule has 3 atom stereocenters. The smallest absolute Gasteiger partial charge is 0.142 e. The van der Waals surface area contributed by atoms with E-state index in [0.717, 1.165) is 38.0 Å². The molecule has 2 nitrogen and oxygen atoms in total. The van der Waals surface area contributed by atoms with Crippen LogP contribution < -0.4 is 5.32 Å². The van der Waals surface area contributed by atoms with Crippen molar-refractivity contribution >= 4 is 11.6 Å². The summed E-state index contributed by atoms with van der Waals surface area (Å²) in [6.45, 7) is 6.03. The molecule has 0 aromatic heterocycles. The Morgan fingerprint density at radius 2 is 2.30 bits per heavy atom. The minimum absolute atomic E-state index is 0.185. The fourth-order valence-corrected chi connectivity index (χ4v) is 2.90. The first-order valence-electron chi connectivity index (χ1n) is 7.39. The van der Waals surface area contributed by atoms with Crippen molar-refractivity contribution < 1.29 is 9.13 Å². The van der Waals surface area contributed by atoms with Crippen molar-refractivity contribution in [3.8, 4) is 0 Å². The van der Waals surface area contributed by atoms with Crippen LogP contribution in [0.3, 0.4) is 0 Å². The molecule has 0 bridgehead atoms. The molecule has 1 N–H and O–H groups in total. The molecule has 3 unspecified atom stereocenters. The quantitative estimate of drug-likeness (QED) is 0.862. The van der Waals surface area contributed by atoms with Crippen LogP contribution in [-0.4, -0.2) is 25.3 Å². The van der Waals surface area contributed by atoms with Gasteiger partial charge in [-0.05, 0) is 50.4 Å². The minimum atomic E-state index is -0.338. The Balaban J connectivity index is 2.04. The van der Waals surface area contributed by atoms with E-state index in [2.05, 4.69) is 19.2 Å². The lowest BCUT2D eigenvalue weighted by Gasteiger charge is -2.24. The molecule has 4 heteroatoms. The molecule has 112 valence electrons. The van der Waals surface area contributed by atoms with Gasteiger partial charge in [0.05, 0.1) is 17.7 Å². The Labute approximate surface area is 125 Å². The summed E-state index contributed by atoms with van der Waals surface area (Å²) >= 11 is 5.74. The van der Waals surface area contributed by atoms with Crippen LogP contribution in [0.1, 0.15) is 32.3 Å². The van der Waals surface area contributed by atoms with Gasteiger partial charge in [-0.3, -0.25) is 0 Å². The van der Waals surface area contributed by atoms with Crippen molar-refractivity contribution in [1.82, 2.24) is 5.32 Å². The highest BCUT2D eigenvalue weighted by Gasteiger charge is 2.29. The molecule has 1 fully saturated rings. The molecule has 1 aliphatic rings. The lowest BCUT2D eigenvalue weighted by molar-refractivity contribution is 0.117. The normalized spacial score (nSPS) is 24.0. The van der Waals surface area contributed by atoms with Gasteiger partial charge < -0.3 is 10.1 Å². The van der Waals surface area contributed by atoms with E-state index in [4.69, 9.17) is 16.3 Å². The van der Waals surface area contributed by atoms with E-state index in [1.54, 1.807) is 12.1 Å². The van der Waals surface area contributed by atoms with Crippen LogP contribution in [0.15, 0.2) is 18.2 Å². The van der Waals surface area contributed by atoms with Gasteiger partial charge in [-0.2, -0.15) is 0 Å². The predicted octanol–water partition coefficient (Wildman–Crippen LogP) is 3.81. The first kappa shape index (κ1) is 15.7. The van der Waals surface area contributed by atoms with Gasteiger partial charge in [0.1, 0.15) is 5.82 Å². The number of nitrogens with one attached hydrogen (secondary N) is 1. The highest BCUT2D eigenvalue weighted by Crippen LogP contribution is 2.25. The fraction of sp³-hybridized carbons (Fsp3) is 0.625. The van der Waals surface area contributed by atoms with Crippen molar-refractivity contribution in [2.75, 3.05) is 13.2 Å². The Bertz CT molecular complexity index is 440. The van der Waals surface area contributed by atoms with E-state index in [-0.39, 0.29) is 10.8 Å². The van der Waals surface area contributed by atoms with E-state index in [1.807, 2.05) is 6.07 Å². The van der Waals surface area contributed by atoms with Crippen molar-refractivity contribution in [3.05, 3.63) is 34.6 Å². The fourth-order valence-electron chi connectivity index (χ4n) is 2.79.